The number of nitrogens with zero attached hydrogens (tertiary/aromatic N) is 1. The van der Waals surface area contributed by atoms with Crippen LogP contribution in [0.2, 0.25) is 5.02 Å². The summed E-state index contributed by atoms with van der Waals surface area (Å²) in [5, 5.41) is 6.20. The molecule has 0 spiro atoms. The fourth-order valence-electron chi connectivity index (χ4n) is 2.50. The van der Waals surface area contributed by atoms with Crippen LogP contribution in [0, 0.1) is 0 Å². The number of alkyl halides is 3. The third kappa shape index (κ3) is 6.19. The van der Waals surface area contributed by atoms with Crippen molar-refractivity contribution in [2.45, 2.75) is 11.9 Å². The lowest BCUT2D eigenvalue weighted by Gasteiger charge is -2.09. The number of thiazole rings is 1. The molecule has 0 fully saturated rings. The van der Waals surface area contributed by atoms with Gasteiger partial charge in [-0.3, -0.25) is 0 Å². The highest BCUT2D eigenvalue weighted by Crippen LogP contribution is 2.28. The molecule has 2 amide bonds. The van der Waals surface area contributed by atoms with Gasteiger partial charge in [-0.25, -0.2) is 22.9 Å². The lowest BCUT2D eigenvalue weighted by atomic mass is 10.2. The summed E-state index contributed by atoms with van der Waals surface area (Å²) in [7, 11) is -5.37. The van der Waals surface area contributed by atoms with Gasteiger partial charge in [0.15, 0.2) is 0 Å². The number of carbonyl (C=O) groups is 1. The summed E-state index contributed by atoms with van der Waals surface area (Å²) in [4.78, 5) is 17.0. The Morgan fingerprint density at radius 3 is 2.41 bits per heavy atom. The minimum atomic E-state index is -5.37. The second-order valence-corrected chi connectivity index (χ2v) is 9.63. The molecule has 3 rings (SSSR count). The van der Waals surface area contributed by atoms with Crippen LogP contribution >= 0.6 is 22.9 Å². The summed E-state index contributed by atoms with van der Waals surface area (Å²) in [6.07, 6.45) is 1.56. The summed E-state index contributed by atoms with van der Waals surface area (Å²) < 4.78 is 60.5. The van der Waals surface area contributed by atoms with E-state index in [1.54, 1.807) is 54.7 Å². The number of hydrogen-bond donors (Lipinski definition) is 3. The number of amides is 2. The average Bonchev–Trinajstić information content (AvgIpc) is 3.18. The molecule has 3 N–H and O–H groups in total. The molecular formula is C19H16ClF3N4O3S2. The second-order valence-electron chi connectivity index (χ2n) is 6.35. The van der Waals surface area contributed by atoms with Gasteiger partial charge in [-0.1, -0.05) is 35.9 Å². The Morgan fingerprint density at radius 2 is 1.75 bits per heavy atom. The van der Waals surface area contributed by atoms with Crippen LogP contribution < -0.4 is 15.4 Å². The van der Waals surface area contributed by atoms with Crippen molar-refractivity contribution in [1.29, 1.82) is 0 Å². The standard InChI is InChI=1S/C19H16ClF3N4O3S2/c20-14-3-1-2-4-15(14)27-18(28)26-13-7-5-12(6-8-13)16-11-24-17(31-16)9-10-25-32(29,30)19(21,22)23/h1-8,11,25H,9-10H2,(H2,26,27,28). The summed E-state index contributed by atoms with van der Waals surface area (Å²) in [6.45, 7) is -0.418. The minimum absolute atomic E-state index is 0.0157. The molecule has 0 bridgehead atoms. The molecule has 0 unspecified atom stereocenters. The minimum Gasteiger partial charge on any atom is -0.308 e. The molecule has 0 atom stereocenters. The maximum absolute atomic E-state index is 12.3. The first-order chi connectivity index (χ1) is 15.0. The fourth-order valence-corrected chi connectivity index (χ4v) is 4.14. The number of carbonyl (C=O) groups excluding carboxylic acids is 1. The van der Waals surface area contributed by atoms with Gasteiger partial charge < -0.3 is 10.6 Å². The Hall–Kier alpha value is -2.67. The van der Waals surface area contributed by atoms with Crippen molar-refractivity contribution in [1.82, 2.24) is 9.71 Å². The average molecular weight is 505 g/mol. The molecule has 0 aliphatic carbocycles. The molecule has 7 nitrogen and oxygen atoms in total. The van der Waals surface area contributed by atoms with Gasteiger partial charge in [-0.15, -0.1) is 11.3 Å². The zero-order valence-corrected chi connectivity index (χ0v) is 18.5. The van der Waals surface area contributed by atoms with Crippen LogP contribution in [0.1, 0.15) is 5.01 Å². The highest BCUT2D eigenvalue weighted by Gasteiger charge is 2.45. The third-order valence-corrected chi connectivity index (χ3v) is 6.67. The van der Waals surface area contributed by atoms with Gasteiger partial charge in [0.05, 0.1) is 20.6 Å². The van der Waals surface area contributed by atoms with Gasteiger partial charge in [-0.05, 0) is 29.8 Å². The Morgan fingerprint density at radius 1 is 1.06 bits per heavy atom. The maximum Gasteiger partial charge on any atom is 0.511 e. The summed E-state index contributed by atoms with van der Waals surface area (Å²) in [5.74, 6) is 0. The maximum atomic E-state index is 12.3. The molecule has 0 saturated heterocycles. The first kappa shape index (κ1) is 24.0. The van der Waals surface area contributed by atoms with E-state index in [0.29, 0.717) is 21.4 Å². The number of anilines is 2. The predicted molar refractivity (Wildman–Crippen MR) is 118 cm³/mol. The smallest absolute Gasteiger partial charge is 0.308 e. The topological polar surface area (TPSA) is 100 Å². The molecular weight excluding hydrogens is 489 g/mol. The van der Waals surface area contributed by atoms with E-state index in [-0.39, 0.29) is 6.42 Å². The molecule has 13 heteroatoms. The van der Waals surface area contributed by atoms with E-state index >= 15 is 0 Å². The molecule has 3 aromatic rings. The molecule has 170 valence electrons. The zero-order chi connectivity index (χ0) is 23.4. The largest absolute Gasteiger partial charge is 0.511 e. The SMILES string of the molecule is O=C(Nc1ccc(-c2cnc(CCNS(=O)(=O)C(F)(F)F)s2)cc1)Nc1ccccc1Cl. The predicted octanol–water partition coefficient (Wildman–Crippen LogP) is 5.09. The molecule has 0 aliphatic heterocycles. The zero-order valence-electron chi connectivity index (χ0n) is 16.1. The van der Waals surface area contributed by atoms with Crippen LogP contribution in [0.5, 0.6) is 0 Å². The van der Waals surface area contributed by atoms with Gasteiger partial charge in [-0.2, -0.15) is 13.2 Å². The molecule has 1 aromatic heterocycles. The van der Waals surface area contributed by atoms with E-state index in [0.717, 1.165) is 10.4 Å². The highest BCUT2D eigenvalue weighted by molar-refractivity contribution is 7.90. The number of urea groups is 1. The molecule has 1 heterocycles. The number of nitrogens with one attached hydrogen (secondary N) is 3. The van der Waals surface area contributed by atoms with Crippen LogP contribution in [-0.4, -0.2) is 31.5 Å². The van der Waals surface area contributed by atoms with Crippen molar-refractivity contribution in [2.24, 2.45) is 0 Å². The van der Waals surface area contributed by atoms with Gasteiger partial charge in [0.25, 0.3) is 0 Å². The van der Waals surface area contributed by atoms with Gasteiger partial charge in [0, 0.05) is 24.8 Å². The normalized spacial score (nSPS) is 11.9. The van der Waals surface area contributed by atoms with E-state index in [2.05, 4.69) is 15.6 Å². The molecule has 0 radical (unpaired) electrons. The number of hydrogen-bond acceptors (Lipinski definition) is 5. The van der Waals surface area contributed by atoms with Crippen LogP contribution in [0.4, 0.5) is 29.3 Å². The van der Waals surface area contributed by atoms with E-state index in [9.17, 15) is 26.4 Å². The van der Waals surface area contributed by atoms with Crippen LogP contribution in [0.25, 0.3) is 10.4 Å². The Bertz CT molecular complexity index is 1200. The number of para-hydroxylation sites is 1. The lowest BCUT2D eigenvalue weighted by Crippen LogP contribution is -2.37. The summed E-state index contributed by atoms with van der Waals surface area (Å²) >= 11 is 7.23. The number of halogens is 4. The van der Waals surface area contributed by atoms with E-state index in [4.69, 9.17) is 11.6 Å². The van der Waals surface area contributed by atoms with Crippen molar-refractivity contribution in [3.8, 4) is 10.4 Å². The van der Waals surface area contributed by atoms with Crippen LogP contribution in [0.15, 0.2) is 54.7 Å². The van der Waals surface area contributed by atoms with E-state index < -0.39 is 28.1 Å². The third-order valence-electron chi connectivity index (χ3n) is 4.04. The Labute approximate surface area is 190 Å². The molecule has 32 heavy (non-hydrogen) atoms. The highest BCUT2D eigenvalue weighted by atomic mass is 35.5. The van der Waals surface area contributed by atoms with Gasteiger partial charge >= 0.3 is 21.6 Å². The lowest BCUT2D eigenvalue weighted by molar-refractivity contribution is -0.0447. The summed E-state index contributed by atoms with van der Waals surface area (Å²) in [6, 6.07) is 13.2. The first-order valence-electron chi connectivity index (χ1n) is 8.99. The number of benzene rings is 2. The molecule has 0 aliphatic rings. The van der Waals surface area contributed by atoms with Crippen molar-refractivity contribution in [3.63, 3.8) is 0 Å². The van der Waals surface area contributed by atoms with Crippen LogP contribution in [0.3, 0.4) is 0 Å². The number of sulfonamides is 1. The summed E-state index contributed by atoms with van der Waals surface area (Å²) in [5.41, 5.74) is -3.56. The quantitative estimate of drug-likeness (QED) is 0.417. The van der Waals surface area contributed by atoms with Crippen molar-refractivity contribution >= 4 is 50.4 Å². The number of aromatic nitrogens is 1. The fraction of sp³-hybridized carbons (Fsp3) is 0.158. The Balaban J connectivity index is 1.56. The van der Waals surface area contributed by atoms with Gasteiger partial charge in [0.2, 0.25) is 0 Å². The van der Waals surface area contributed by atoms with Crippen molar-refractivity contribution in [2.75, 3.05) is 17.2 Å². The van der Waals surface area contributed by atoms with Crippen molar-refractivity contribution < 1.29 is 26.4 Å². The molecule has 2 aromatic carbocycles. The van der Waals surface area contributed by atoms with Gasteiger partial charge in [0.1, 0.15) is 0 Å². The van der Waals surface area contributed by atoms with Crippen LogP contribution in [-0.2, 0) is 16.4 Å². The number of rotatable bonds is 7. The second kappa shape index (κ2) is 9.86. The Kier molecular flexibility index (Phi) is 7.39. The van der Waals surface area contributed by atoms with E-state index in [1.807, 2.05) is 0 Å². The van der Waals surface area contributed by atoms with Crippen molar-refractivity contribution in [3.05, 3.63) is 64.8 Å². The first-order valence-corrected chi connectivity index (χ1v) is 11.7. The van der Waals surface area contributed by atoms with E-state index in [1.165, 1.54) is 16.1 Å². The monoisotopic (exact) mass is 504 g/mol. The molecule has 0 saturated carbocycles.